The number of aromatic nitrogens is 6. The van der Waals surface area contributed by atoms with E-state index in [-0.39, 0.29) is 24.5 Å². The molecule has 0 aliphatic carbocycles. The summed E-state index contributed by atoms with van der Waals surface area (Å²) in [6.07, 6.45) is 7.22. The molecule has 3 fully saturated rings. The molecular formula is C25H26FN7O2. The summed E-state index contributed by atoms with van der Waals surface area (Å²) < 4.78 is 28.7. The van der Waals surface area contributed by atoms with Crippen molar-refractivity contribution in [1.29, 1.82) is 0 Å². The number of fused-ring (bicyclic) bond motifs is 4. The van der Waals surface area contributed by atoms with Crippen molar-refractivity contribution in [1.82, 2.24) is 34.4 Å². The van der Waals surface area contributed by atoms with Gasteiger partial charge in [-0.1, -0.05) is 6.07 Å². The van der Waals surface area contributed by atoms with Gasteiger partial charge in [-0.3, -0.25) is 4.90 Å². The van der Waals surface area contributed by atoms with E-state index in [1.807, 2.05) is 17.6 Å². The second kappa shape index (κ2) is 8.84. The monoisotopic (exact) mass is 475 g/mol. The van der Waals surface area contributed by atoms with Gasteiger partial charge in [-0.25, -0.2) is 19.3 Å². The predicted octanol–water partition coefficient (Wildman–Crippen LogP) is 3.26. The summed E-state index contributed by atoms with van der Waals surface area (Å²) >= 11 is 0. The standard InChI is InChI=1S/C25H26FN7O2/c1-15-22-24(31-25(29-15)34-2)33(23(30-22)18-10-27-14-28-11-18)12-17-3-4-19(9-20(17)26)35-21-13-32-7-5-16(21)6-8-32/h3-4,9-11,14,16,21H,5-8,12-13H2,1-2H3. The van der Waals surface area contributed by atoms with Crippen molar-refractivity contribution >= 4 is 11.2 Å². The number of methoxy groups -OCH3 is 1. The number of nitrogens with zero attached hydrogens (tertiary/aromatic N) is 7. The first-order valence-corrected chi connectivity index (χ1v) is 11.8. The van der Waals surface area contributed by atoms with E-state index < -0.39 is 0 Å². The summed E-state index contributed by atoms with van der Waals surface area (Å²) in [6, 6.07) is 5.34. The van der Waals surface area contributed by atoms with Crippen molar-refractivity contribution in [2.24, 2.45) is 5.92 Å². The zero-order valence-corrected chi connectivity index (χ0v) is 19.7. The van der Waals surface area contributed by atoms with Crippen LogP contribution in [-0.4, -0.2) is 67.2 Å². The second-order valence-corrected chi connectivity index (χ2v) is 9.16. The Balaban J connectivity index is 1.35. The highest BCUT2D eigenvalue weighted by molar-refractivity contribution is 5.79. The Morgan fingerprint density at radius 2 is 1.89 bits per heavy atom. The number of aryl methyl sites for hydroxylation is 1. The van der Waals surface area contributed by atoms with Gasteiger partial charge in [0.25, 0.3) is 0 Å². The van der Waals surface area contributed by atoms with Gasteiger partial charge in [0.15, 0.2) is 5.65 Å². The van der Waals surface area contributed by atoms with Gasteiger partial charge in [0.1, 0.15) is 35.3 Å². The van der Waals surface area contributed by atoms with Gasteiger partial charge in [-0.2, -0.15) is 9.97 Å². The van der Waals surface area contributed by atoms with Crippen LogP contribution < -0.4 is 9.47 Å². The summed E-state index contributed by atoms with van der Waals surface area (Å²) in [5.74, 6) is 1.36. The molecule has 9 nitrogen and oxygen atoms in total. The minimum absolute atomic E-state index is 0.122. The normalized spacial score (nSPS) is 21.4. The quantitative estimate of drug-likeness (QED) is 0.420. The van der Waals surface area contributed by atoms with Crippen LogP contribution in [0.5, 0.6) is 11.8 Å². The van der Waals surface area contributed by atoms with Crippen LogP contribution in [-0.2, 0) is 6.54 Å². The maximum Gasteiger partial charge on any atom is 0.318 e. The van der Waals surface area contributed by atoms with Crippen LogP contribution in [0.15, 0.2) is 36.9 Å². The van der Waals surface area contributed by atoms with Gasteiger partial charge >= 0.3 is 6.01 Å². The van der Waals surface area contributed by atoms with Gasteiger partial charge < -0.3 is 14.0 Å². The molecule has 3 aliphatic heterocycles. The Labute approximate surface area is 202 Å². The molecule has 4 aromatic rings. The van der Waals surface area contributed by atoms with E-state index >= 15 is 4.39 Å². The summed E-state index contributed by atoms with van der Waals surface area (Å²) in [7, 11) is 1.51. The fourth-order valence-electron chi connectivity index (χ4n) is 5.11. The molecule has 180 valence electrons. The molecule has 1 atom stereocenters. The first kappa shape index (κ1) is 21.8. The maximum absolute atomic E-state index is 15.3. The van der Waals surface area contributed by atoms with E-state index in [2.05, 4.69) is 24.8 Å². The topological polar surface area (TPSA) is 91.1 Å². The average molecular weight is 476 g/mol. The van der Waals surface area contributed by atoms with Gasteiger partial charge in [0.2, 0.25) is 0 Å². The van der Waals surface area contributed by atoms with Crippen LogP contribution >= 0.6 is 0 Å². The molecule has 6 heterocycles. The van der Waals surface area contributed by atoms with Crippen molar-refractivity contribution in [3.05, 3.63) is 54.0 Å². The minimum Gasteiger partial charge on any atom is -0.489 e. The molecule has 10 heteroatoms. The van der Waals surface area contributed by atoms with Crippen LogP contribution in [0.4, 0.5) is 4.39 Å². The van der Waals surface area contributed by atoms with Crippen molar-refractivity contribution in [2.45, 2.75) is 32.4 Å². The molecule has 1 unspecified atom stereocenters. The zero-order valence-electron chi connectivity index (χ0n) is 19.7. The SMILES string of the molecule is COc1nc(C)c2nc(-c3cncnc3)n(Cc3ccc(OC4CN5CCC4CC5)cc3F)c2n1. The molecule has 0 N–H and O–H groups in total. The lowest BCUT2D eigenvalue weighted by atomic mass is 9.86. The third-order valence-electron chi connectivity index (χ3n) is 6.99. The number of hydrogen-bond acceptors (Lipinski definition) is 8. The Morgan fingerprint density at radius 1 is 1.09 bits per heavy atom. The van der Waals surface area contributed by atoms with Crippen molar-refractivity contribution in [2.75, 3.05) is 26.7 Å². The number of ether oxygens (including phenoxy) is 2. The number of rotatable bonds is 6. The molecule has 2 bridgehead atoms. The Bertz CT molecular complexity index is 1370. The lowest BCUT2D eigenvalue weighted by molar-refractivity contribution is -0.00789. The van der Waals surface area contributed by atoms with Gasteiger partial charge in [-0.05, 0) is 44.8 Å². The first-order chi connectivity index (χ1) is 17.1. The van der Waals surface area contributed by atoms with Crippen LogP contribution in [0.1, 0.15) is 24.1 Å². The number of halogens is 1. The second-order valence-electron chi connectivity index (χ2n) is 9.16. The van der Waals surface area contributed by atoms with E-state index in [4.69, 9.17) is 14.5 Å². The fraction of sp³-hybridized carbons (Fsp3) is 0.400. The van der Waals surface area contributed by atoms with Crippen LogP contribution in [0.2, 0.25) is 0 Å². The molecule has 0 spiro atoms. The molecule has 0 amide bonds. The lowest BCUT2D eigenvalue weighted by Crippen LogP contribution is -2.52. The molecule has 3 saturated heterocycles. The number of benzene rings is 1. The van der Waals surface area contributed by atoms with Crippen LogP contribution in [0, 0.1) is 18.7 Å². The van der Waals surface area contributed by atoms with E-state index in [1.165, 1.54) is 19.5 Å². The fourth-order valence-corrected chi connectivity index (χ4v) is 5.11. The summed E-state index contributed by atoms with van der Waals surface area (Å²) in [6.45, 7) is 5.25. The Morgan fingerprint density at radius 3 is 2.57 bits per heavy atom. The van der Waals surface area contributed by atoms with Crippen molar-refractivity contribution in [3.8, 4) is 23.1 Å². The number of hydrogen-bond donors (Lipinski definition) is 0. The van der Waals surface area contributed by atoms with Gasteiger partial charge in [0.05, 0.1) is 24.9 Å². The van der Waals surface area contributed by atoms with Crippen LogP contribution in [0.3, 0.4) is 0 Å². The number of imidazole rings is 1. The van der Waals surface area contributed by atoms with Crippen molar-refractivity contribution in [3.63, 3.8) is 0 Å². The average Bonchev–Trinajstić information content (AvgIpc) is 3.25. The molecule has 3 aromatic heterocycles. The minimum atomic E-state index is -0.335. The highest BCUT2D eigenvalue weighted by Gasteiger charge is 2.35. The van der Waals surface area contributed by atoms with Crippen molar-refractivity contribution < 1.29 is 13.9 Å². The summed E-state index contributed by atoms with van der Waals surface area (Å²) in [4.78, 5) is 24.3. The molecule has 0 saturated carbocycles. The van der Waals surface area contributed by atoms with Gasteiger partial charge in [0, 0.05) is 30.6 Å². The lowest BCUT2D eigenvalue weighted by Gasteiger charge is -2.44. The highest BCUT2D eigenvalue weighted by atomic mass is 19.1. The molecule has 7 rings (SSSR count). The third kappa shape index (κ3) is 4.07. The third-order valence-corrected chi connectivity index (χ3v) is 6.99. The van der Waals surface area contributed by atoms with E-state index in [0.29, 0.717) is 45.5 Å². The first-order valence-electron chi connectivity index (χ1n) is 11.8. The highest BCUT2D eigenvalue weighted by Crippen LogP contribution is 2.32. The Kier molecular flexibility index (Phi) is 5.52. The zero-order chi connectivity index (χ0) is 23.9. The van der Waals surface area contributed by atoms with E-state index in [0.717, 1.165) is 32.5 Å². The molecule has 35 heavy (non-hydrogen) atoms. The smallest absolute Gasteiger partial charge is 0.318 e. The largest absolute Gasteiger partial charge is 0.489 e. The molecule has 3 aliphatic rings. The maximum atomic E-state index is 15.3. The summed E-state index contributed by atoms with van der Waals surface area (Å²) in [5, 5.41) is 0. The van der Waals surface area contributed by atoms with Crippen LogP contribution in [0.25, 0.3) is 22.6 Å². The molecule has 0 radical (unpaired) electrons. The van der Waals surface area contributed by atoms with Gasteiger partial charge in [-0.15, -0.1) is 0 Å². The predicted molar refractivity (Wildman–Crippen MR) is 127 cm³/mol. The number of piperidine rings is 3. The molecule has 1 aromatic carbocycles. The van der Waals surface area contributed by atoms with E-state index in [9.17, 15) is 0 Å². The molecular weight excluding hydrogens is 449 g/mol. The van der Waals surface area contributed by atoms with E-state index in [1.54, 1.807) is 18.5 Å². The summed E-state index contributed by atoms with van der Waals surface area (Å²) in [5.41, 5.74) is 3.04. The Hall–Kier alpha value is -3.66.